The Kier molecular flexibility index (Phi) is 7.75. The van der Waals surface area contributed by atoms with Crippen LogP contribution in [0, 0.1) is 0 Å². The van der Waals surface area contributed by atoms with Crippen LogP contribution in [0.1, 0.15) is 57.4 Å². The minimum Gasteiger partial charge on any atom is -0.368 e. The number of nitrogens with zero attached hydrogens (tertiary/aromatic N) is 2. The zero-order valence-corrected chi connectivity index (χ0v) is 19.4. The molecule has 0 bridgehead atoms. The van der Waals surface area contributed by atoms with E-state index in [2.05, 4.69) is 11.9 Å². The maximum Gasteiger partial charge on any atom is 0.238 e. The molecule has 1 aliphatic heterocycles. The van der Waals surface area contributed by atoms with Crippen LogP contribution in [-0.2, 0) is 10.0 Å². The first-order valence-electron chi connectivity index (χ1n) is 10.7. The third-order valence-electron chi connectivity index (χ3n) is 5.49. The van der Waals surface area contributed by atoms with Crippen LogP contribution in [0.5, 0.6) is 0 Å². The van der Waals surface area contributed by atoms with Crippen LogP contribution in [-0.4, -0.2) is 31.6 Å². The molecule has 1 aliphatic rings. The number of nitrogens with two attached hydrogens (primary N) is 1. The summed E-state index contributed by atoms with van der Waals surface area (Å²) in [5.74, 6) is 0.594. The van der Waals surface area contributed by atoms with Crippen LogP contribution >= 0.6 is 11.6 Å². The average molecular weight is 464 g/mol. The number of amidine groups is 1. The summed E-state index contributed by atoms with van der Waals surface area (Å²) in [6.07, 6.45) is 7.37. The summed E-state index contributed by atoms with van der Waals surface area (Å²) in [6.45, 7) is 2.52. The zero-order valence-electron chi connectivity index (χ0n) is 17.8. The zero-order chi connectivity index (χ0) is 22.5. The Morgan fingerprint density at radius 1 is 1.03 bits per heavy atom. The molecule has 3 rings (SSSR count). The maximum atomic E-state index is 11.6. The van der Waals surface area contributed by atoms with E-state index in [0.29, 0.717) is 29.4 Å². The van der Waals surface area contributed by atoms with Crippen molar-refractivity contribution in [3.05, 3.63) is 59.1 Å². The molecule has 0 saturated carbocycles. The number of unbranched alkanes of at least 4 members (excludes halogenated alkanes) is 5. The van der Waals surface area contributed by atoms with Gasteiger partial charge in [-0.3, -0.25) is 0 Å². The van der Waals surface area contributed by atoms with Gasteiger partial charge >= 0.3 is 0 Å². The van der Waals surface area contributed by atoms with E-state index >= 15 is 0 Å². The third kappa shape index (κ3) is 6.29. The second-order valence-corrected chi connectivity index (χ2v) is 10.1. The summed E-state index contributed by atoms with van der Waals surface area (Å²) in [5.41, 5.74) is 0.372. The summed E-state index contributed by atoms with van der Waals surface area (Å²) in [7, 11) is -3.78. The van der Waals surface area contributed by atoms with E-state index in [1.165, 1.54) is 31.4 Å². The second kappa shape index (κ2) is 10.1. The van der Waals surface area contributed by atoms with Crippen LogP contribution in [0.4, 0.5) is 5.69 Å². The molecule has 0 saturated heterocycles. The average Bonchev–Trinajstić information content (AvgIpc) is 3.08. The molecule has 0 spiro atoms. The largest absolute Gasteiger partial charge is 0.368 e. The molecule has 2 aromatic carbocycles. The van der Waals surface area contributed by atoms with Gasteiger partial charge in [0.25, 0.3) is 0 Å². The lowest BCUT2D eigenvalue weighted by molar-refractivity contribution is 0.0551. The molecule has 0 aliphatic carbocycles. The van der Waals surface area contributed by atoms with Crippen molar-refractivity contribution >= 4 is 33.1 Å². The molecule has 0 amide bonds. The lowest BCUT2D eigenvalue weighted by atomic mass is 10.0. The number of primary sulfonamides is 1. The van der Waals surface area contributed by atoms with E-state index in [-0.39, 0.29) is 4.90 Å². The Bertz CT molecular complexity index is 1010. The molecule has 2 aromatic rings. The molecule has 8 heteroatoms. The van der Waals surface area contributed by atoms with E-state index in [1.54, 1.807) is 24.3 Å². The van der Waals surface area contributed by atoms with E-state index in [9.17, 15) is 13.5 Å². The van der Waals surface area contributed by atoms with Crippen LogP contribution < -0.4 is 10.0 Å². The molecule has 1 heterocycles. The normalized spacial score (nSPS) is 19.0. The molecule has 1 unspecified atom stereocenters. The molecule has 6 nitrogen and oxygen atoms in total. The quantitative estimate of drug-likeness (QED) is 0.499. The highest BCUT2D eigenvalue weighted by atomic mass is 35.5. The van der Waals surface area contributed by atoms with E-state index in [0.717, 1.165) is 24.9 Å². The highest BCUT2D eigenvalue weighted by molar-refractivity contribution is 7.89. The summed E-state index contributed by atoms with van der Waals surface area (Å²) >= 11 is 6.04. The smallest absolute Gasteiger partial charge is 0.238 e. The minimum atomic E-state index is -3.78. The summed E-state index contributed by atoms with van der Waals surface area (Å²) < 4.78 is 23.2. The van der Waals surface area contributed by atoms with Crippen molar-refractivity contribution in [2.75, 3.05) is 11.4 Å². The first-order chi connectivity index (χ1) is 14.7. The van der Waals surface area contributed by atoms with Crippen molar-refractivity contribution in [1.29, 1.82) is 0 Å². The third-order valence-corrected chi connectivity index (χ3v) is 6.67. The number of anilines is 1. The molecule has 0 aromatic heterocycles. The molecule has 168 valence electrons. The maximum absolute atomic E-state index is 11.6. The number of aliphatic imine (C=N–C) groups is 1. The van der Waals surface area contributed by atoms with Crippen molar-refractivity contribution in [2.24, 2.45) is 10.1 Å². The highest BCUT2D eigenvalue weighted by Crippen LogP contribution is 2.32. The number of hydrogen-bond donors (Lipinski definition) is 2. The summed E-state index contributed by atoms with van der Waals surface area (Å²) in [6, 6.07) is 13.6. The van der Waals surface area contributed by atoms with Gasteiger partial charge < -0.3 is 10.0 Å². The molecular formula is C23H30ClN3O3S. The Labute approximate surface area is 189 Å². The van der Waals surface area contributed by atoms with Crippen molar-refractivity contribution in [3.8, 4) is 0 Å². The molecular weight excluding hydrogens is 434 g/mol. The molecule has 0 fully saturated rings. The first kappa shape index (κ1) is 23.7. The fraction of sp³-hybridized carbons (Fsp3) is 0.435. The molecule has 3 N–H and O–H groups in total. The molecule has 1 atom stereocenters. The Morgan fingerprint density at radius 2 is 1.65 bits per heavy atom. The van der Waals surface area contributed by atoms with Crippen molar-refractivity contribution in [3.63, 3.8) is 0 Å². The van der Waals surface area contributed by atoms with Gasteiger partial charge in [0.2, 0.25) is 10.0 Å². The molecule has 0 radical (unpaired) electrons. The van der Waals surface area contributed by atoms with Gasteiger partial charge in [0, 0.05) is 16.3 Å². The van der Waals surface area contributed by atoms with Gasteiger partial charge in [0.05, 0.1) is 11.4 Å². The van der Waals surface area contributed by atoms with Crippen LogP contribution in [0.3, 0.4) is 0 Å². The van der Waals surface area contributed by atoms with Gasteiger partial charge in [-0.2, -0.15) is 0 Å². The number of rotatable bonds is 10. The number of aliphatic hydroxyl groups is 1. The van der Waals surface area contributed by atoms with Gasteiger partial charge in [0.15, 0.2) is 5.72 Å². The van der Waals surface area contributed by atoms with Crippen LogP contribution in [0.2, 0.25) is 5.02 Å². The number of β-amino-alcohol motifs (C(OH)–C–C–N with tert-alkyl or cyclic N) is 1. The van der Waals surface area contributed by atoms with Crippen LogP contribution in [0.15, 0.2) is 58.4 Å². The Morgan fingerprint density at radius 3 is 2.26 bits per heavy atom. The monoisotopic (exact) mass is 463 g/mol. The predicted molar refractivity (Wildman–Crippen MR) is 126 cm³/mol. The standard InChI is InChI=1S/C23H30ClN3O3S/c1-2-3-4-5-6-7-16-23(28)17-27(20-12-10-19(24)11-13-20)22(26-23)18-8-14-21(15-9-18)31(25,29)30/h8-15,28H,2-7,16-17H2,1H3,(H2,25,29,30). The van der Waals surface area contributed by atoms with E-state index in [4.69, 9.17) is 16.7 Å². The van der Waals surface area contributed by atoms with Gasteiger partial charge in [0.1, 0.15) is 5.84 Å². The minimum absolute atomic E-state index is 0.0373. The SMILES string of the molecule is CCCCCCCCC1(O)CN(c2ccc(Cl)cc2)C(c2ccc(S(N)(=O)=O)cc2)=N1. The number of halogens is 1. The topological polar surface area (TPSA) is 96.0 Å². The number of sulfonamides is 1. The summed E-state index contributed by atoms with van der Waals surface area (Å²) in [4.78, 5) is 6.66. The van der Waals surface area contributed by atoms with Crippen molar-refractivity contribution in [1.82, 2.24) is 0 Å². The fourth-order valence-corrected chi connectivity index (χ4v) is 4.43. The second-order valence-electron chi connectivity index (χ2n) is 8.07. The van der Waals surface area contributed by atoms with Gasteiger partial charge in [-0.05, 0) is 61.4 Å². The van der Waals surface area contributed by atoms with Crippen molar-refractivity contribution in [2.45, 2.75) is 62.5 Å². The van der Waals surface area contributed by atoms with E-state index < -0.39 is 15.7 Å². The lowest BCUT2D eigenvalue weighted by Gasteiger charge is -2.24. The first-order valence-corrected chi connectivity index (χ1v) is 12.6. The number of hydrogen-bond acceptors (Lipinski definition) is 5. The lowest BCUT2D eigenvalue weighted by Crippen LogP contribution is -2.36. The van der Waals surface area contributed by atoms with Gasteiger partial charge in [-0.15, -0.1) is 0 Å². The predicted octanol–water partition coefficient (Wildman–Crippen LogP) is 4.69. The summed E-state index contributed by atoms with van der Waals surface area (Å²) in [5, 5.41) is 17.1. The highest BCUT2D eigenvalue weighted by Gasteiger charge is 2.38. The Balaban J connectivity index is 1.83. The fourth-order valence-electron chi connectivity index (χ4n) is 3.79. The number of benzene rings is 2. The van der Waals surface area contributed by atoms with E-state index in [1.807, 2.05) is 17.0 Å². The Hall–Kier alpha value is -1.93. The van der Waals surface area contributed by atoms with Gasteiger partial charge in [-0.1, -0.05) is 50.6 Å². The molecule has 31 heavy (non-hydrogen) atoms. The van der Waals surface area contributed by atoms with Crippen LogP contribution in [0.25, 0.3) is 0 Å². The van der Waals surface area contributed by atoms with Crippen molar-refractivity contribution < 1.29 is 13.5 Å². The van der Waals surface area contributed by atoms with Gasteiger partial charge in [-0.25, -0.2) is 18.5 Å².